The maximum absolute atomic E-state index is 11.1. The summed E-state index contributed by atoms with van der Waals surface area (Å²) in [4.78, 5) is 17.4. The summed E-state index contributed by atoms with van der Waals surface area (Å²) in [6, 6.07) is 10.9. The van der Waals surface area contributed by atoms with Crippen molar-refractivity contribution in [2.24, 2.45) is 0 Å². The number of pyridine rings is 1. The van der Waals surface area contributed by atoms with Crippen LogP contribution < -0.4 is 9.64 Å². The van der Waals surface area contributed by atoms with Crippen LogP contribution >= 0.6 is 0 Å². The van der Waals surface area contributed by atoms with Gasteiger partial charge in [-0.15, -0.1) is 0 Å². The number of methoxy groups -OCH3 is 1. The van der Waals surface area contributed by atoms with Gasteiger partial charge in [-0.2, -0.15) is 0 Å². The van der Waals surface area contributed by atoms with Crippen LogP contribution in [-0.4, -0.2) is 30.2 Å². The molecule has 110 valence electrons. The quantitative estimate of drug-likeness (QED) is 0.915. The first kappa shape index (κ1) is 14.8. The average molecular weight is 286 g/mol. The van der Waals surface area contributed by atoms with Gasteiger partial charge in [-0.05, 0) is 25.1 Å². The second-order valence-electron chi connectivity index (χ2n) is 4.83. The van der Waals surface area contributed by atoms with Gasteiger partial charge in [0.05, 0.1) is 12.7 Å². The number of carboxylic acids is 1. The Bertz CT molecular complexity index is 656. The van der Waals surface area contributed by atoms with Crippen LogP contribution in [-0.2, 0) is 6.54 Å². The van der Waals surface area contributed by atoms with E-state index in [0.717, 1.165) is 11.3 Å². The van der Waals surface area contributed by atoms with Crippen molar-refractivity contribution < 1.29 is 14.6 Å². The van der Waals surface area contributed by atoms with Crippen LogP contribution in [0.5, 0.6) is 5.75 Å². The van der Waals surface area contributed by atoms with Crippen molar-refractivity contribution in [1.29, 1.82) is 0 Å². The lowest BCUT2D eigenvalue weighted by atomic mass is 10.2. The summed E-state index contributed by atoms with van der Waals surface area (Å²) in [5.41, 5.74) is 1.93. The summed E-state index contributed by atoms with van der Waals surface area (Å²) >= 11 is 0. The van der Waals surface area contributed by atoms with E-state index < -0.39 is 5.97 Å². The molecule has 1 N–H and O–H groups in total. The zero-order chi connectivity index (χ0) is 15.4. The number of nitrogens with zero attached hydrogens (tertiary/aromatic N) is 2. The number of hydrogen-bond donors (Lipinski definition) is 1. The van der Waals surface area contributed by atoms with Gasteiger partial charge < -0.3 is 14.7 Å². The largest absolute Gasteiger partial charge is 0.496 e. The van der Waals surface area contributed by atoms with E-state index in [1.54, 1.807) is 26.2 Å². The molecule has 0 bridgehead atoms. The number of benzene rings is 1. The molecule has 2 rings (SSSR count). The number of aryl methyl sites for hydroxylation is 1. The Morgan fingerprint density at radius 2 is 2.05 bits per heavy atom. The van der Waals surface area contributed by atoms with E-state index in [4.69, 9.17) is 9.84 Å². The highest BCUT2D eigenvalue weighted by molar-refractivity contribution is 5.88. The highest BCUT2D eigenvalue weighted by atomic mass is 16.5. The summed E-state index contributed by atoms with van der Waals surface area (Å²) in [6.07, 6.45) is 0. The van der Waals surface area contributed by atoms with Crippen LogP contribution in [0.15, 0.2) is 36.4 Å². The monoisotopic (exact) mass is 286 g/mol. The van der Waals surface area contributed by atoms with Crippen LogP contribution in [0, 0.1) is 6.92 Å². The molecule has 0 aliphatic heterocycles. The zero-order valence-electron chi connectivity index (χ0n) is 12.3. The Kier molecular flexibility index (Phi) is 4.42. The molecule has 0 radical (unpaired) electrons. The maximum atomic E-state index is 11.1. The molecule has 5 heteroatoms. The molecule has 0 aliphatic carbocycles. The van der Waals surface area contributed by atoms with Gasteiger partial charge in [0.15, 0.2) is 0 Å². The number of aromatic nitrogens is 1. The average Bonchev–Trinajstić information content (AvgIpc) is 2.47. The third-order valence-electron chi connectivity index (χ3n) is 3.18. The molecule has 5 nitrogen and oxygen atoms in total. The molecule has 0 saturated carbocycles. The van der Waals surface area contributed by atoms with E-state index in [1.807, 2.05) is 36.2 Å². The first-order valence-electron chi connectivity index (χ1n) is 6.56. The Morgan fingerprint density at radius 3 is 2.71 bits per heavy atom. The number of aromatic carboxylic acids is 1. The van der Waals surface area contributed by atoms with E-state index >= 15 is 0 Å². The van der Waals surface area contributed by atoms with Crippen molar-refractivity contribution in [2.45, 2.75) is 13.5 Å². The summed E-state index contributed by atoms with van der Waals surface area (Å²) in [7, 11) is 3.51. The van der Waals surface area contributed by atoms with Crippen molar-refractivity contribution in [3.63, 3.8) is 0 Å². The Balaban J connectivity index is 2.28. The minimum absolute atomic E-state index is 0.240. The molecule has 0 fully saturated rings. The van der Waals surface area contributed by atoms with Crippen LogP contribution in [0.4, 0.5) is 5.82 Å². The lowest BCUT2D eigenvalue weighted by Crippen LogP contribution is -2.19. The highest BCUT2D eigenvalue weighted by Gasteiger charge is 2.11. The summed E-state index contributed by atoms with van der Waals surface area (Å²) in [5, 5.41) is 9.12. The van der Waals surface area contributed by atoms with Crippen molar-refractivity contribution in [3.8, 4) is 5.75 Å². The normalized spacial score (nSPS) is 10.2. The number of carbonyl (C=O) groups is 1. The van der Waals surface area contributed by atoms with Gasteiger partial charge in [0, 0.05) is 24.8 Å². The minimum Gasteiger partial charge on any atom is -0.496 e. The summed E-state index contributed by atoms with van der Waals surface area (Å²) in [5.74, 6) is 0.473. The third-order valence-corrected chi connectivity index (χ3v) is 3.18. The van der Waals surface area contributed by atoms with E-state index in [2.05, 4.69) is 4.98 Å². The Labute approximate surface area is 123 Å². The van der Waals surface area contributed by atoms with Gasteiger partial charge in [-0.1, -0.05) is 18.2 Å². The zero-order valence-corrected chi connectivity index (χ0v) is 12.3. The van der Waals surface area contributed by atoms with E-state index in [-0.39, 0.29) is 5.56 Å². The molecule has 21 heavy (non-hydrogen) atoms. The predicted octanol–water partition coefficient (Wildman–Crippen LogP) is 2.73. The number of ether oxygens (including phenoxy) is 1. The van der Waals surface area contributed by atoms with Gasteiger partial charge in [0.1, 0.15) is 11.6 Å². The van der Waals surface area contributed by atoms with Crippen molar-refractivity contribution >= 4 is 11.8 Å². The summed E-state index contributed by atoms with van der Waals surface area (Å²) in [6.45, 7) is 2.37. The Hall–Kier alpha value is -2.56. The fraction of sp³-hybridized carbons (Fsp3) is 0.250. The van der Waals surface area contributed by atoms with Crippen LogP contribution in [0.1, 0.15) is 21.6 Å². The van der Waals surface area contributed by atoms with Gasteiger partial charge in [0.2, 0.25) is 0 Å². The van der Waals surface area contributed by atoms with Gasteiger partial charge in [-0.25, -0.2) is 9.78 Å². The SMILES string of the molecule is COc1ccccc1CN(C)c1cc(C(=O)O)cc(C)n1. The molecule has 1 aromatic carbocycles. The van der Waals surface area contributed by atoms with Crippen LogP contribution in [0.3, 0.4) is 0 Å². The first-order chi connectivity index (χ1) is 10.0. The lowest BCUT2D eigenvalue weighted by Gasteiger charge is -2.20. The van der Waals surface area contributed by atoms with E-state index in [9.17, 15) is 4.79 Å². The standard InChI is InChI=1S/C16H18N2O3/c1-11-8-13(16(19)20)9-15(17-11)18(2)10-12-6-4-5-7-14(12)21-3/h4-9H,10H2,1-3H3,(H,19,20). The number of carboxylic acid groups (broad SMARTS) is 1. The molecule has 2 aromatic rings. The number of para-hydroxylation sites is 1. The maximum Gasteiger partial charge on any atom is 0.335 e. The molecular weight excluding hydrogens is 268 g/mol. The molecule has 0 aliphatic rings. The Morgan fingerprint density at radius 1 is 1.33 bits per heavy atom. The van der Waals surface area contributed by atoms with Crippen LogP contribution in [0.2, 0.25) is 0 Å². The van der Waals surface area contributed by atoms with E-state index in [1.165, 1.54) is 0 Å². The fourth-order valence-electron chi connectivity index (χ4n) is 2.14. The molecule has 0 amide bonds. The van der Waals surface area contributed by atoms with Gasteiger partial charge in [0.25, 0.3) is 0 Å². The predicted molar refractivity (Wildman–Crippen MR) is 81.0 cm³/mol. The third kappa shape index (κ3) is 3.51. The number of hydrogen-bond acceptors (Lipinski definition) is 4. The lowest BCUT2D eigenvalue weighted by molar-refractivity contribution is 0.0696. The van der Waals surface area contributed by atoms with Crippen molar-refractivity contribution in [1.82, 2.24) is 4.98 Å². The number of anilines is 1. The van der Waals surface area contributed by atoms with Crippen LogP contribution in [0.25, 0.3) is 0 Å². The molecular formula is C16H18N2O3. The van der Waals surface area contributed by atoms with Gasteiger partial charge in [-0.3, -0.25) is 0 Å². The molecule has 0 atom stereocenters. The van der Waals surface area contributed by atoms with Gasteiger partial charge >= 0.3 is 5.97 Å². The molecule has 1 heterocycles. The topological polar surface area (TPSA) is 62.7 Å². The molecule has 0 unspecified atom stereocenters. The molecule has 0 spiro atoms. The fourth-order valence-corrected chi connectivity index (χ4v) is 2.14. The molecule has 1 aromatic heterocycles. The smallest absolute Gasteiger partial charge is 0.335 e. The number of rotatable bonds is 5. The molecule has 0 saturated heterocycles. The first-order valence-corrected chi connectivity index (χ1v) is 6.56. The second kappa shape index (κ2) is 6.26. The highest BCUT2D eigenvalue weighted by Crippen LogP contribution is 2.22. The van der Waals surface area contributed by atoms with E-state index in [0.29, 0.717) is 18.1 Å². The van der Waals surface area contributed by atoms with Crippen molar-refractivity contribution in [2.75, 3.05) is 19.1 Å². The second-order valence-corrected chi connectivity index (χ2v) is 4.83. The van der Waals surface area contributed by atoms with Crippen molar-refractivity contribution in [3.05, 3.63) is 53.2 Å². The summed E-state index contributed by atoms with van der Waals surface area (Å²) < 4.78 is 5.33. The minimum atomic E-state index is -0.951.